The second kappa shape index (κ2) is 6.32. The van der Waals surface area contributed by atoms with Crippen LogP contribution < -0.4 is 10.2 Å². The molecule has 6 nitrogen and oxygen atoms in total. The Morgan fingerprint density at radius 1 is 1.22 bits per heavy atom. The van der Waals surface area contributed by atoms with E-state index in [1.807, 2.05) is 24.3 Å². The Kier molecular flexibility index (Phi) is 4.23. The molecule has 0 bridgehead atoms. The molecule has 0 radical (unpaired) electrons. The number of hydrogen-bond donors (Lipinski definition) is 3. The third kappa shape index (κ3) is 3.15. The van der Waals surface area contributed by atoms with Crippen LogP contribution in [0, 0.1) is 0 Å². The monoisotopic (exact) mass is 312 g/mol. The summed E-state index contributed by atoms with van der Waals surface area (Å²) < 4.78 is 6.91. The normalized spacial score (nSPS) is 10.9. The SMILES string of the molecule is CCc1cc2c(=O)[nH]ccc2n1Cc1ccc(OB(O)O)cc1. The number of fused-ring (bicyclic) bond motifs is 1. The molecule has 2 aromatic heterocycles. The van der Waals surface area contributed by atoms with E-state index in [0.717, 1.165) is 23.2 Å². The lowest BCUT2D eigenvalue weighted by Gasteiger charge is -2.11. The van der Waals surface area contributed by atoms with Crippen molar-refractivity contribution in [1.29, 1.82) is 0 Å². The van der Waals surface area contributed by atoms with Gasteiger partial charge < -0.3 is 24.3 Å². The quantitative estimate of drug-likeness (QED) is 0.620. The van der Waals surface area contributed by atoms with Gasteiger partial charge in [-0.3, -0.25) is 4.79 Å². The number of pyridine rings is 1. The molecule has 0 fully saturated rings. The van der Waals surface area contributed by atoms with Crippen LogP contribution in [0.25, 0.3) is 10.9 Å². The number of rotatable bonds is 5. The summed E-state index contributed by atoms with van der Waals surface area (Å²) in [5, 5.41) is 18.3. The molecule has 0 unspecified atom stereocenters. The fourth-order valence-electron chi connectivity index (χ4n) is 2.71. The lowest BCUT2D eigenvalue weighted by atomic mass is 10.2. The largest absolute Gasteiger partial charge is 0.707 e. The van der Waals surface area contributed by atoms with Crippen molar-refractivity contribution < 1.29 is 14.7 Å². The molecule has 0 atom stereocenters. The molecule has 1 aromatic carbocycles. The maximum atomic E-state index is 11.9. The second-order valence-electron chi connectivity index (χ2n) is 5.27. The number of aromatic nitrogens is 2. The fourth-order valence-corrected chi connectivity index (χ4v) is 2.71. The van der Waals surface area contributed by atoms with E-state index in [4.69, 9.17) is 14.7 Å². The Bertz CT molecular complexity index is 868. The highest BCUT2D eigenvalue weighted by Gasteiger charge is 2.12. The summed E-state index contributed by atoms with van der Waals surface area (Å²) in [5.41, 5.74) is 2.92. The number of aryl methyl sites for hydroxylation is 1. The molecule has 3 aromatic rings. The van der Waals surface area contributed by atoms with Gasteiger partial charge in [0.15, 0.2) is 0 Å². The first-order valence-corrected chi connectivity index (χ1v) is 7.40. The van der Waals surface area contributed by atoms with Gasteiger partial charge in [-0.05, 0) is 36.2 Å². The first-order valence-electron chi connectivity index (χ1n) is 7.40. The smallest absolute Gasteiger partial charge is 0.512 e. The maximum absolute atomic E-state index is 11.9. The Balaban J connectivity index is 1.95. The van der Waals surface area contributed by atoms with Gasteiger partial charge in [-0.15, -0.1) is 0 Å². The van der Waals surface area contributed by atoms with E-state index in [1.165, 1.54) is 0 Å². The Hall–Kier alpha value is -2.51. The summed E-state index contributed by atoms with van der Waals surface area (Å²) in [4.78, 5) is 14.6. The number of aromatic amines is 1. The van der Waals surface area contributed by atoms with Gasteiger partial charge in [0, 0.05) is 18.4 Å². The highest BCUT2D eigenvalue weighted by molar-refractivity contribution is 6.33. The van der Waals surface area contributed by atoms with Crippen molar-refractivity contribution in [3.8, 4) is 5.75 Å². The molecule has 3 rings (SSSR count). The van der Waals surface area contributed by atoms with Gasteiger partial charge in [0.1, 0.15) is 5.75 Å². The molecule has 7 heteroatoms. The molecular formula is C16H17BN2O4. The lowest BCUT2D eigenvalue weighted by molar-refractivity contribution is 0.288. The molecule has 0 aliphatic rings. The van der Waals surface area contributed by atoms with E-state index in [1.54, 1.807) is 18.3 Å². The van der Waals surface area contributed by atoms with Gasteiger partial charge >= 0.3 is 7.32 Å². The average molecular weight is 312 g/mol. The van der Waals surface area contributed by atoms with Gasteiger partial charge in [0.25, 0.3) is 5.56 Å². The van der Waals surface area contributed by atoms with E-state index >= 15 is 0 Å². The summed E-state index contributed by atoms with van der Waals surface area (Å²) in [7, 11) is -1.83. The van der Waals surface area contributed by atoms with Crippen LogP contribution >= 0.6 is 0 Å². The van der Waals surface area contributed by atoms with Crippen LogP contribution in [-0.4, -0.2) is 26.9 Å². The molecule has 3 N–H and O–H groups in total. The summed E-state index contributed by atoms with van der Waals surface area (Å²) in [6, 6.07) is 10.9. The first-order chi connectivity index (χ1) is 11.1. The third-order valence-electron chi connectivity index (χ3n) is 3.79. The summed E-state index contributed by atoms with van der Waals surface area (Å²) in [6.45, 7) is 2.68. The summed E-state index contributed by atoms with van der Waals surface area (Å²) in [5.74, 6) is 0.383. The topological polar surface area (TPSA) is 87.5 Å². The van der Waals surface area contributed by atoms with Gasteiger partial charge in [-0.25, -0.2) is 0 Å². The third-order valence-corrected chi connectivity index (χ3v) is 3.79. The molecule has 2 heterocycles. The van der Waals surface area contributed by atoms with Crippen molar-refractivity contribution in [2.75, 3.05) is 0 Å². The highest BCUT2D eigenvalue weighted by Crippen LogP contribution is 2.20. The number of nitrogens with zero attached hydrogens (tertiary/aromatic N) is 1. The molecule has 0 saturated heterocycles. The lowest BCUT2D eigenvalue weighted by Crippen LogP contribution is -2.20. The van der Waals surface area contributed by atoms with Crippen molar-refractivity contribution in [3.63, 3.8) is 0 Å². The zero-order valence-corrected chi connectivity index (χ0v) is 12.7. The molecular weight excluding hydrogens is 295 g/mol. The van der Waals surface area contributed by atoms with Crippen LogP contribution in [0.3, 0.4) is 0 Å². The molecule has 118 valence electrons. The van der Waals surface area contributed by atoms with E-state index in [2.05, 4.69) is 16.5 Å². The number of H-pyrrole nitrogens is 1. The van der Waals surface area contributed by atoms with E-state index in [-0.39, 0.29) is 5.56 Å². The minimum atomic E-state index is -1.83. The molecule has 23 heavy (non-hydrogen) atoms. The van der Waals surface area contributed by atoms with Crippen LogP contribution in [-0.2, 0) is 13.0 Å². The number of benzene rings is 1. The zero-order chi connectivity index (χ0) is 16.4. The second-order valence-corrected chi connectivity index (χ2v) is 5.27. The molecule has 0 saturated carbocycles. The van der Waals surface area contributed by atoms with Gasteiger partial charge in [-0.1, -0.05) is 19.1 Å². The average Bonchev–Trinajstić information content (AvgIpc) is 2.88. The van der Waals surface area contributed by atoms with Crippen LogP contribution in [0.4, 0.5) is 0 Å². The van der Waals surface area contributed by atoms with Crippen molar-refractivity contribution in [2.24, 2.45) is 0 Å². The summed E-state index contributed by atoms with van der Waals surface area (Å²) >= 11 is 0. The first kappa shape index (κ1) is 15.4. The van der Waals surface area contributed by atoms with Crippen LogP contribution in [0.5, 0.6) is 5.75 Å². The predicted molar refractivity (Wildman–Crippen MR) is 88.3 cm³/mol. The Morgan fingerprint density at radius 3 is 2.61 bits per heavy atom. The van der Waals surface area contributed by atoms with Crippen molar-refractivity contribution in [1.82, 2.24) is 9.55 Å². The molecule has 0 spiro atoms. The van der Waals surface area contributed by atoms with Crippen LogP contribution in [0.15, 0.2) is 47.4 Å². The molecule has 0 aliphatic carbocycles. The standard InChI is InChI=1S/C16H17BN2O4/c1-2-12-9-14-15(7-8-18-16(14)20)19(12)10-11-3-5-13(6-4-11)23-17(21)22/h3-9,21-22H,2,10H2,1H3,(H,18,20). The Morgan fingerprint density at radius 2 is 1.96 bits per heavy atom. The van der Waals surface area contributed by atoms with Crippen molar-refractivity contribution in [3.05, 3.63) is 64.2 Å². The number of hydrogen-bond acceptors (Lipinski definition) is 4. The van der Waals surface area contributed by atoms with Crippen molar-refractivity contribution in [2.45, 2.75) is 19.9 Å². The number of nitrogens with one attached hydrogen (secondary N) is 1. The fraction of sp³-hybridized carbons (Fsp3) is 0.188. The van der Waals surface area contributed by atoms with E-state index in [9.17, 15) is 4.79 Å². The summed E-state index contributed by atoms with van der Waals surface area (Å²) in [6.07, 6.45) is 2.48. The van der Waals surface area contributed by atoms with Crippen molar-refractivity contribution >= 4 is 18.2 Å². The Labute approximate surface area is 133 Å². The molecule has 0 aliphatic heterocycles. The van der Waals surface area contributed by atoms with E-state index in [0.29, 0.717) is 17.7 Å². The zero-order valence-electron chi connectivity index (χ0n) is 12.7. The maximum Gasteiger partial charge on any atom is 0.707 e. The van der Waals surface area contributed by atoms with Crippen LogP contribution in [0.2, 0.25) is 0 Å². The molecule has 0 amide bonds. The van der Waals surface area contributed by atoms with Crippen LogP contribution in [0.1, 0.15) is 18.2 Å². The highest BCUT2D eigenvalue weighted by atomic mass is 16.6. The van der Waals surface area contributed by atoms with E-state index < -0.39 is 7.32 Å². The van der Waals surface area contributed by atoms with Gasteiger partial charge in [0.2, 0.25) is 0 Å². The van der Waals surface area contributed by atoms with Gasteiger partial charge in [-0.2, -0.15) is 0 Å². The minimum absolute atomic E-state index is 0.0865. The minimum Gasteiger partial charge on any atom is -0.512 e. The van der Waals surface area contributed by atoms with Gasteiger partial charge in [0.05, 0.1) is 10.9 Å². The predicted octanol–water partition coefficient (Wildman–Crippen LogP) is 1.29.